The summed E-state index contributed by atoms with van der Waals surface area (Å²) in [6, 6.07) is 15.8. The van der Waals surface area contributed by atoms with Gasteiger partial charge in [0.05, 0.1) is 16.0 Å². The van der Waals surface area contributed by atoms with E-state index in [4.69, 9.17) is 11.6 Å². The van der Waals surface area contributed by atoms with Crippen molar-refractivity contribution in [1.82, 2.24) is 0 Å². The number of hydrogen-bond acceptors (Lipinski definition) is 3. The van der Waals surface area contributed by atoms with E-state index in [2.05, 4.69) is 5.32 Å². The Bertz CT molecular complexity index is 1230. The Balaban J connectivity index is 1.60. The first-order valence-corrected chi connectivity index (χ1v) is 9.98. The molecular weight excluding hydrogens is 402 g/mol. The van der Waals surface area contributed by atoms with E-state index in [0.29, 0.717) is 22.7 Å². The summed E-state index contributed by atoms with van der Waals surface area (Å²) in [5.41, 5.74) is 4.29. The Morgan fingerprint density at radius 3 is 2.57 bits per heavy atom. The maximum Gasteiger partial charge on any atom is 0.335 e. The third-order valence-electron chi connectivity index (χ3n) is 6.27. The normalized spacial score (nSPS) is 21.4. The lowest BCUT2D eigenvalue weighted by Gasteiger charge is -2.13. The summed E-state index contributed by atoms with van der Waals surface area (Å²) in [5, 5.41) is 22.5. The number of carbonyl (C=O) groups excluding carboxylic acids is 1. The molecule has 0 radical (unpaired) electrons. The van der Waals surface area contributed by atoms with E-state index in [0.717, 1.165) is 22.3 Å². The fraction of sp³-hybridized carbons (Fsp3) is 0.167. The van der Waals surface area contributed by atoms with E-state index < -0.39 is 11.4 Å². The molecule has 5 rings (SSSR count). The summed E-state index contributed by atoms with van der Waals surface area (Å²) in [6.07, 6.45) is 0.616. The van der Waals surface area contributed by atoms with Crippen LogP contribution in [0.2, 0.25) is 5.02 Å². The molecule has 3 aromatic rings. The molecule has 1 heterocycles. The molecule has 30 heavy (non-hydrogen) atoms. The number of hydrogen-bond donors (Lipinski definition) is 3. The zero-order valence-corrected chi connectivity index (χ0v) is 16.8. The first kappa shape index (κ1) is 18.7. The van der Waals surface area contributed by atoms with Crippen LogP contribution in [-0.4, -0.2) is 22.1 Å². The summed E-state index contributed by atoms with van der Waals surface area (Å²) >= 11 is 6.49. The number of phenolic OH excluding ortho intramolecular Hbond substituents is 1. The Labute approximate surface area is 177 Å². The van der Waals surface area contributed by atoms with E-state index >= 15 is 0 Å². The van der Waals surface area contributed by atoms with Gasteiger partial charge in [0, 0.05) is 17.2 Å². The van der Waals surface area contributed by atoms with Gasteiger partial charge in [0.2, 0.25) is 5.91 Å². The van der Waals surface area contributed by atoms with Gasteiger partial charge in [0.25, 0.3) is 0 Å². The zero-order valence-electron chi connectivity index (χ0n) is 16.1. The summed E-state index contributed by atoms with van der Waals surface area (Å²) in [5.74, 6) is -0.980. The number of aryl methyl sites for hydroxylation is 1. The number of carboxylic acid groups (broad SMARTS) is 1. The molecule has 0 saturated heterocycles. The second-order valence-corrected chi connectivity index (χ2v) is 8.39. The van der Waals surface area contributed by atoms with Crippen LogP contribution in [0, 0.1) is 6.92 Å². The molecule has 1 spiro atoms. The minimum atomic E-state index is -0.971. The average Bonchev–Trinajstić information content (AvgIpc) is 3.39. The topological polar surface area (TPSA) is 86.6 Å². The monoisotopic (exact) mass is 419 g/mol. The number of fused-ring (bicyclic) bond motifs is 2. The fourth-order valence-electron chi connectivity index (χ4n) is 4.56. The SMILES string of the molecule is Cc1ccc(C2CC23C(=O)Nc2cc(Cl)c(-c4ccc(O)cc4)cc23)cc1C(=O)O. The number of amides is 1. The number of aromatic carboxylic acids is 1. The number of nitrogens with one attached hydrogen (secondary N) is 1. The highest BCUT2D eigenvalue weighted by molar-refractivity contribution is 6.34. The Morgan fingerprint density at radius 2 is 1.87 bits per heavy atom. The number of benzene rings is 3. The predicted molar refractivity (Wildman–Crippen MR) is 114 cm³/mol. The first-order chi connectivity index (χ1) is 14.3. The number of anilines is 1. The number of carboxylic acids is 1. The molecule has 2 atom stereocenters. The van der Waals surface area contributed by atoms with Crippen LogP contribution in [0.5, 0.6) is 5.75 Å². The third-order valence-corrected chi connectivity index (χ3v) is 6.59. The lowest BCUT2D eigenvalue weighted by Crippen LogP contribution is -2.21. The van der Waals surface area contributed by atoms with Gasteiger partial charge >= 0.3 is 5.97 Å². The molecule has 2 unspecified atom stereocenters. The highest BCUT2D eigenvalue weighted by Crippen LogP contribution is 2.65. The van der Waals surface area contributed by atoms with Crippen LogP contribution in [-0.2, 0) is 10.2 Å². The van der Waals surface area contributed by atoms with Crippen LogP contribution < -0.4 is 5.32 Å². The molecule has 6 heteroatoms. The van der Waals surface area contributed by atoms with Crippen LogP contribution >= 0.6 is 11.6 Å². The van der Waals surface area contributed by atoms with Gasteiger partial charge in [0.1, 0.15) is 5.75 Å². The molecular formula is C24H18ClNO4. The molecule has 0 aromatic heterocycles. The number of rotatable bonds is 3. The summed E-state index contributed by atoms with van der Waals surface area (Å²) in [6.45, 7) is 1.76. The summed E-state index contributed by atoms with van der Waals surface area (Å²) in [4.78, 5) is 24.5. The van der Waals surface area contributed by atoms with E-state index in [-0.39, 0.29) is 23.1 Å². The number of aromatic hydroxyl groups is 1. The molecule has 1 saturated carbocycles. The standard InChI is InChI=1S/C24H18ClNO4/c1-12-2-3-14(8-16(12)22(28)29)19-11-24(19)18-9-17(13-4-6-15(27)7-5-13)20(25)10-21(18)26-23(24)30/h2-10,19,27H,11H2,1H3,(H,26,30)(H,28,29). The van der Waals surface area contributed by atoms with Gasteiger partial charge in [-0.3, -0.25) is 4.79 Å². The molecule has 5 nitrogen and oxygen atoms in total. The minimum absolute atomic E-state index is 0.0844. The van der Waals surface area contributed by atoms with Crippen LogP contribution in [0.4, 0.5) is 5.69 Å². The van der Waals surface area contributed by atoms with Crippen LogP contribution in [0.1, 0.15) is 39.4 Å². The molecule has 150 valence electrons. The number of carbonyl (C=O) groups is 2. The van der Waals surface area contributed by atoms with Gasteiger partial charge in [-0.15, -0.1) is 0 Å². The molecule has 1 fully saturated rings. The van der Waals surface area contributed by atoms with Crippen molar-refractivity contribution in [3.05, 3.63) is 81.9 Å². The van der Waals surface area contributed by atoms with Crippen molar-refractivity contribution in [2.75, 3.05) is 5.32 Å². The van der Waals surface area contributed by atoms with Crippen molar-refractivity contribution in [3.63, 3.8) is 0 Å². The molecule has 1 amide bonds. The highest BCUT2D eigenvalue weighted by Gasteiger charge is 2.65. The van der Waals surface area contributed by atoms with Crippen molar-refractivity contribution >= 4 is 29.2 Å². The first-order valence-electron chi connectivity index (χ1n) is 9.60. The van der Waals surface area contributed by atoms with E-state index in [1.807, 2.05) is 12.1 Å². The zero-order chi connectivity index (χ0) is 21.2. The molecule has 1 aliphatic heterocycles. The molecule has 3 aromatic carbocycles. The van der Waals surface area contributed by atoms with Crippen molar-refractivity contribution in [2.24, 2.45) is 0 Å². The maximum atomic E-state index is 13.0. The molecule has 2 aliphatic rings. The minimum Gasteiger partial charge on any atom is -0.508 e. The van der Waals surface area contributed by atoms with Crippen LogP contribution in [0.3, 0.4) is 0 Å². The van der Waals surface area contributed by atoms with Crippen molar-refractivity contribution < 1.29 is 19.8 Å². The Morgan fingerprint density at radius 1 is 1.13 bits per heavy atom. The van der Waals surface area contributed by atoms with Gasteiger partial charge in [-0.05, 0) is 65.9 Å². The van der Waals surface area contributed by atoms with Gasteiger partial charge in [-0.1, -0.05) is 35.9 Å². The maximum absolute atomic E-state index is 13.0. The lowest BCUT2D eigenvalue weighted by atomic mass is 9.89. The molecule has 1 aliphatic carbocycles. The van der Waals surface area contributed by atoms with Crippen LogP contribution in [0.15, 0.2) is 54.6 Å². The fourth-order valence-corrected chi connectivity index (χ4v) is 4.84. The quantitative estimate of drug-likeness (QED) is 0.551. The second-order valence-electron chi connectivity index (χ2n) is 7.99. The van der Waals surface area contributed by atoms with Gasteiger partial charge in [0.15, 0.2) is 0 Å². The number of halogens is 1. The highest BCUT2D eigenvalue weighted by atomic mass is 35.5. The predicted octanol–water partition coefficient (Wildman–Crippen LogP) is 5.10. The summed E-state index contributed by atoms with van der Waals surface area (Å²) in [7, 11) is 0. The van der Waals surface area contributed by atoms with Crippen molar-refractivity contribution in [1.29, 1.82) is 0 Å². The van der Waals surface area contributed by atoms with Gasteiger partial charge in [-0.2, -0.15) is 0 Å². The number of phenols is 1. The van der Waals surface area contributed by atoms with E-state index in [1.54, 1.807) is 49.4 Å². The Kier molecular flexibility index (Phi) is 3.95. The Hall–Kier alpha value is -3.31. The second kappa shape index (κ2) is 6.34. The van der Waals surface area contributed by atoms with Gasteiger partial charge < -0.3 is 15.5 Å². The third kappa shape index (κ3) is 2.62. The van der Waals surface area contributed by atoms with E-state index in [9.17, 15) is 19.8 Å². The van der Waals surface area contributed by atoms with E-state index in [1.165, 1.54) is 0 Å². The largest absolute Gasteiger partial charge is 0.508 e. The molecule has 0 bridgehead atoms. The lowest BCUT2D eigenvalue weighted by molar-refractivity contribution is -0.118. The summed E-state index contributed by atoms with van der Waals surface area (Å²) < 4.78 is 0. The van der Waals surface area contributed by atoms with Gasteiger partial charge in [-0.25, -0.2) is 4.79 Å². The van der Waals surface area contributed by atoms with Crippen molar-refractivity contribution in [2.45, 2.75) is 24.7 Å². The van der Waals surface area contributed by atoms with Crippen LogP contribution in [0.25, 0.3) is 11.1 Å². The average molecular weight is 420 g/mol. The van der Waals surface area contributed by atoms with Crippen molar-refractivity contribution in [3.8, 4) is 16.9 Å². The molecule has 3 N–H and O–H groups in total. The smallest absolute Gasteiger partial charge is 0.335 e.